The van der Waals surface area contributed by atoms with Crippen molar-refractivity contribution in [3.8, 4) is 0 Å². The van der Waals surface area contributed by atoms with Gasteiger partial charge in [-0.15, -0.1) is 0 Å². The summed E-state index contributed by atoms with van der Waals surface area (Å²) >= 11 is 3.62. The normalized spacial score (nSPS) is 34.2. The minimum absolute atomic E-state index is 0.105. The van der Waals surface area contributed by atoms with E-state index in [1.807, 2.05) is 56.3 Å². The fourth-order valence-electron chi connectivity index (χ4n) is 7.99. The zero-order valence-corrected chi connectivity index (χ0v) is 30.0. The molecule has 13 heteroatoms. The lowest BCUT2D eigenvalue weighted by Crippen LogP contribution is -2.59. The Balaban J connectivity index is 1.43. The molecule has 6 rings (SSSR count). The number of benzene rings is 1. The minimum Gasteiger partial charge on any atom is -0.455 e. The first kappa shape index (κ1) is 35.7. The van der Waals surface area contributed by atoms with Crippen LogP contribution in [0.3, 0.4) is 0 Å². The molecule has 3 saturated heterocycles. The third kappa shape index (κ3) is 6.60. The molecule has 0 radical (unpaired) electrons. The number of nitrogens with zero attached hydrogens (tertiary/aromatic N) is 4. The van der Waals surface area contributed by atoms with Gasteiger partial charge in [0.2, 0.25) is 17.7 Å². The Morgan fingerprint density at radius 2 is 1.76 bits per heavy atom. The van der Waals surface area contributed by atoms with Gasteiger partial charge in [-0.25, -0.2) is 0 Å². The zero-order valence-electron chi connectivity index (χ0n) is 28.4. The molecule has 266 valence electrons. The first-order valence-electron chi connectivity index (χ1n) is 17.4. The third-order valence-electron chi connectivity index (χ3n) is 10.9. The molecule has 1 aromatic rings. The van der Waals surface area contributed by atoms with E-state index < -0.39 is 59.6 Å². The Morgan fingerprint density at radius 1 is 1.02 bits per heavy atom. The molecule has 0 saturated carbocycles. The highest BCUT2D eigenvalue weighted by Gasteiger charge is 2.75. The van der Waals surface area contributed by atoms with Crippen LogP contribution in [0.1, 0.15) is 44.8 Å². The number of halogens is 1. The Morgan fingerprint density at radius 3 is 2.45 bits per heavy atom. The number of ether oxygens (including phenoxy) is 3. The van der Waals surface area contributed by atoms with Crippen molar-refractivity contribution >= 4 is 39.6 Å². The maximum atomic E-state index is 14.9. The van der Waals surface area contributed by atoms with E-state index in [9.17, 15) is 24.3 Å². The molecule has 3 amide bonds. The van der Waals surface area contributed by atoms with Crippen LogP contribution < -0.4 is 0 Å². The number of likely N-dealkylation sites (N-methyl/N-ethyl adjacent to an activating group) is 1. The first-order chi connectivity index (χ1) is 23.6. The SMILES string of the molecule is CC[C@@H](CO)N1C(=O)[C@@H]2[C@H]3C(=O)O[C@@H](c4ccccc4)[C@H](C)N(C)C(=O)CC/C=C\CN(CCN4CCOCC4)C(=O)[C@@H]1[C@]21C=C(Br)[C@H]3O1. The van der Waals surface area contributed by atoms with Gasteiger partial charge in [0.1, 0.15) is 29.8 Å². The summed E-state index contributed by atoms with van der Waals surface area (Å²) in [6.07, 6.45) is 5.03. The molecule has 5 bridgehead atoms. The maximum absolute atomic E-state index is 14.9. The number of aliphatic hydroxyl groups is 1. The van der Waals surface area contributed by atoms with E-state index in [0.29, 0.717) is 49.2 Å². The molecule has 12 nitrogen and oxygen atoms in total. The van der Waals surface area contributed by atoms with Crippen molar-refractivity contribution in [1.82, 2.24) is 19.6 Å². The second-order valence-corrected chi connectivity index (χ2v) is 14.5. The Kier molecular flexibility index (Phi) is 10.9. The number of fused-ring (bicyclic) bond motifs is 2. The average Bonchev–Trinajstić information content (AvgIpc) is 3.71. The van der Waals surface area contributed by atoms with Crippen LogP contribution in [-0.4, -0.2) is 138 Å². The second-order valence-electron chi connectivity index (χ2n) is 13.6. The average molecular weight is 744 g/mol. The van der Waals surface area contributed by atoms with Crippen molar-refractivity contribution in [2.75, 3.05) is 59.6 Å². The molecule has 0 unspecified atom stereocenters. The summed E-state index contributed by atoms with van der Waals surface area (Å²) in [4.78, 5) is 64.4. The van der Waals surface area contributed by atoms with Gasteiger partial charge in [0.25, 0.3) is 0 Å². The van der Waals surface area contributed by atoms with Crippen LogP contribution in [0.25, 0.3) is 0 Å². The van der Waals surface area contributed by atoms with Gasteiger partial charge >= 0.3 is 5.97 Å². The number of esters is 1. The van der Waals surface area contributed by atoms with E-state index in [1.54, 1.807) is 22.9 Å². The van der Waals surface area contributed by atoms with Crippen molar-refractivity contribution in [3.05, 3.63) is 58.6 Å². The van der Waals surface area contributed by atoms with Gasteiger partial charge in [0.15, 0.2) is 0 Å². The summed E-state index contributed by atoms with van der Waals surface area (Å²) in [5.41, 5.74) is -0.733. The molecule has 0 aromatic heterocycles. The van der Waals surface area contributed by atoms with E-state index in [2.05, 4.69) is 20.8 Å². The first-order valence-corrected chi connectivity index (χ1v) is 18.2. The summed E-state index contributed by atoms with van der Waals surface area (Å²) < 4.78 is 19.1. The maximum Gasteiger partial charge on any atom is 0.313 e. The Hall–Kier alpha value is -3.10. The predicted molar refractivity (Wildman–Crippen MR) is 183 cm³/mol. The van der Waals surface area contributed by atoms with Crippen LogP contribution in [0.5, 0.6) is 0 Å². The van der Waals surface area contributed by atoms with E-state index >= 15 is 0 Å². The van der Waals surface area contributed by atoms with Gasteiger partial charge in [0, 0.05) is 50.7 Å². The topological polar surface area (TPSA) is 129 Å². The summed E-state index contributed by atoms with van der Waals surface area (Å²) in [7, 11) is 1.71. The van der Waals surface area contributed by atoms with Crippen LogP contribution in [-0.2, 0) is 33.4 Å². The van der Waals surface area contributed by atoms with Crippen molar-refractivity contribution in [3.63, 3.8) is 0 Å². The third-order valence-corrected chi connectivity index (χ3v) is 11.6. The number of aliphatic hydroxyl groups excluding tert-OH is 1. The van der Waals surface area contributed by atoms with Crippen LogP contribution >= 0.6 is 15.9 Å². The summed E-state index contributed by atoms with van der Waals surface area (Å²) in [5, 5.41) is 10.5. The zero-order chi connectivity index (χ0) is 34.9. The standard InChI is InChI=1S/C36H47BrN4O8/c1-4-25(22-42)41-32-34(45)40(16-15-39-17-19-47-20-18-39)14-10-6-9-13-27(43)38(3)23(2)30(24-11-7-5-8-12-24)48-35(46)28-29(33(41)44)36(32)21-26(37)31(28)49-36/h5-8,10-12,21,23,25,28-32,42H,4,9,13-20,22H2,1-3H3/b10-6-/t23-,25-,28+,29-,30+,31+,32+,36-/m0/s1. The number of hydrogen-bond donors (Lipinski definition) is 1. The number of carbonyl (C=O) groups excluding carboxylic acids is 4. The molecule has 1 spiro atoms. The quantitative estimate of drug-likeness (QED) is 0.331. The van der Waals surface area contributed by atoms with Gasteiger partial charge in [-0.2, -0.15) is 0 Å². The van der Waals surface area contributed by atoms with Gasteiger partial charge in [-0.05, 0) is 31.4 Å². The van der Waals surface area contributed by atoms with Gasteiger partial charge < -0.3 is 34.0 Å². The molecule has 8 atom stereocenters. The largest absolute Gasteiger partial charge is 0.455 e. The lowest BCUT2D eigenvalue weighted by molar-refractivity contribution is -0.164. The van der Waals surface area contributed by atoms with Crippen LogP contribution in [0.2, 0.25) is 0 Å². The smallest absolute Gasteiger partial charge is 0.313 e. The summed E-state index contributed by atoms with van der Waals surface area (Å²) in [6.45, 7) is 7.36. The molecule has 1 N–H and O–H groups in total. The molecule has 0 aliphatic carbocycles. The monoisotopic (exact) mass is 742 g/mol. The van der Waals surface area contributed by atoms with Crippen molar-refractivity contribution in [2.24, 2.45) is 11.8 Å². The molecule has 5 aliphatic heterocycles. The highest BCUT2D eigenvalue weighted by Crippen LogP contribution is 2.59. The number of rotatable bonds is 7. The molecule has 3 fully saturated rings. The van der Waals surface area contributed by atoms with Crippen LogP contribution in [0.15, 0.2) is 53.0 Å². The molecule has 1 aromatic carbocycles. The summed E-state index contributed by atoms with van der Waals surface area (Å²) in [5.74, 6) is -3.58. The van der Waals surface area contributed by atoms with E-state index in [4.69, 9.17) is 14.2 Å². The highest BCUT2D eigenvalue weighted by atomic mass is 79.9. The number of amides is 3. The van der Waals surface area contributed by atoms with E-state index in [-0.39, 0.29) is 31.4 Å². The van der Waals surface area contributed by atoms with Gasteiger partial charge in [0.05, 0.1) is 37.8 Å². The fraction of sp³-hybridized carbons (Fsp3) is 0.611. The molecule has 5 heterocycles. The molecular formula is C36H47BrN4O8. The van der Waals surface area contributed by atoms with Crippen molar-refractivity contribution in [2.45, 2.75) is 69.0 Å². The number of likely N-dealkylation sites (tertiary alicyclic amines) is 1. The molecule has 5 aliphatic rings. The van der Waals surface area contributed by atoms with Crippen LogP contribution in [0.4, 0.5) is 0 Å². The van der Waals surface area contributed by atoms with E-state index in [1.165, 1.54) is 4.90 Å². The second kappa shape index (κ2) is 15.0. The number of allylic oxidation sites excluding steroid dienone is 1. The number of morpholine rings is 1. The predicted octanol–water partition coefficient (Wildman–Crippen LogP) is 2.27. The fourth-order valence-corrected chi connectivity index (χ4v) is 8.72. The Labute approximate surface area is 296 Å². The van der Waals surface area contributed by atoms with Crippen molar-refractivity contribution < 1.29 is 38.5 Å². The minimum atomic E-state index is -1.44. The van der Waals surface area contributed by atoms with Crippen molar-refractivity contribution in [1.29, 1.82) is 0 Å². The van der Waals surface area contributed by atoms with Crippen LogP contribution in [0, 0.1) is 11.8 Å². The lowest BCUT2D eigenvalue weighted by Gasteiger charge is -2.39. The number of cyclic esters (lactones) is 1. The summed E-state index contributed by atoms with van der Waals surface area (Å²) in [6, 6.07) is 6.97. The highest BCUT2D eigenvalue weighted by molar-refractivity contribution is 9.11. The molecular weight excluding hydrogens is 696 g/mol. The lowest BCUT2D eigenvalue weighted by atomic mass is 9.74. The van der Waals surface area contributed by atoms with Gasteiger partial charge in [-0.3, -0.25) is 24.1 Å². The number of hydrogen-bond acceptors (Lipinski definition) is 9. The number of carbonyl (C=O) groups is 4. The van der Waals surface area contributed by atoms with Gasteiger partial charge in [-0.1, -0.05) is 65.3 Å². The Bertz CT molecular complexity index is 1460. The van der Waals surface area contributed by atoms with E-state index in [0.717, 1.165) is 13.1 Å². The molecule has 49 heavy (non-hydrogen) atoms.